The van der Waals surface area contributed by atoms with Gasteiger partial charge in [-0.2, -0.15) is 0 Å². The molecular formula is C9H19N5O2S. The molecule has 0 saturated carbocycles. The zero-order chi connectivity index (χ0) is 13.3. The van der Waals surface area contributed by atoms with Gasteiger partial charge in [0, 0.05) is 6.26 Å². The monoisotopic (exact) mass is 261 g/mol. The molecule has 1 atom stereocenters. The van der Waals surface area contributed by atoms with Crippen molar-refractivity contribution in [2.24, 2.45) is 0 Å². The third-order valence-electron chi connectivity index (χ3n) is 2.91. The largest absolute Gasteiger partial charge is 0.311 e. The van der Waals surface area contributed by atoms with E-state index in [0.29, 0.717) is 5.82 Å². The third kappa shape index (κ3) is 3.01. The fraction of sp³-hybridized carbons (Fsp3) is 0.889. The van der Waals surface area contributed by atoms with Gasteiger partial charge in [-0.05, 0) is 38.2 Å². The quantitative estimate of drug-likeness (QED) is 0.788. The van der Waals surface area contributed by atoms with Crippen molar-refractivity contribution in [1.29, 1.82) is 0 Å². The third-order valence-corrected chi connectivity index (χ3v) is 5.05. The van der Waals surface area contributed by atoms with Gasteiger partial charge in [-0.15, -0.1) is 5.10 Å². The molecule has 0 aliphatic rings. The Balaban J connectivity index is 3.01. The van der Waals surface area contributed by atoms with Gasteiger partial charge >= 0.3 is 0 Å². The molecular weight excluding hydrogens is 242 g/mol. The minimum absolute atomic E-state index is 0.0274. The Kier molecular flexibility index (Phi) is 3.88. The van der Waals surface area contributed by atoms with Crippen LogP contribution >= 0.6 is 0 Å². The molecule has 8 heteroatoms. The Bertz CT molecular complexity index is 479. The maximum atomic E-state index is 11.6. The van der Waals surface area contributed by atoms with Gasteiger partial charge in [-0.1, -0.05) is 0 Å². The van der Waals surface area contributed by atoms with Crippen LogP contribution in [0.4, 0.5) is 0 Å². The highest BCUT2D eigenvalue weighted by Crippen LogP contribution is 2.19. The summed E-state index contributed by atoms with van der Waals surface area (Å²) >= 11 is 0. The second kappa shape index (κ2) is 4.69. The van der Waals surface area contributed by atoms with Crippen LogP contribution in [0.5, 0.6) is 0 Å². The number of hydrogen-bond acceptors (Lipinski definition) is 6. The lowest BCUT2D eigenvalue weighted by Crippen LogP contribution is -2.37. The highest BCUT2D eigenvalue weighted by molar-refractivity contribution is 7.92. The molecule has 0 spiro atoms. The van der Waals surface area contributed by atoms with Gasteiger partial charge in [0.1, 0.15) is 0 Å². The number of sulfone groups is 1. The molecule has 1 unspecified atom stereocenters. The van der Waals surface area contributed by atoms with Crippen LogP contribution in [0.25, 0.3) is 0 Å². The Morgan fingerprint density at radius 3 is 2.53 bits per heavy atom. The first-order valence-electron chi connectivity index (χ1n) is 5.32. The summed E-state index contributed by atoms with van der Waals surface area (Å²) in [7, 11) is -1.37. The van der Waals surface area contributed by atoms with Crippen molar-refractivity contribution in [2.75, 3.05) is 13.3 Å². The van der Waals surface area contributed by atoms with Crippen molar-refractivity contribution in [2.45, 2.75) is 38.1 Å². The minimum atomic E-state index is -3.16. The fourth-order valence-corrected chi connectivity index (χ4v) is 1.60. The average Bonchev–Trinajstić information content (AvgIpc) is 2.62. The van der Waals surface area contributed by atoms with Gasteiger partial charge in [-0.3, -0.25) is 0 Å². The normalized spacial score (nSPS) is 14.9. The van der Waals surface area contributed by atoms with E-state index in [2.05, 4.69) is 20.8 Å². The second-order valence-electron chi connectivity index (χ2n) is 4.74. The summed E-state index contributed by atoms with van der Waals surface area (Å²) in [4.78, 5) is 0. The molecule has 0 saturated heterocycles. The Morgan fingerprint density at radius 1 is 1.47 bits per heavy atom. The maximum Gasteiger partial charge on any atom is 0.167 e. The van der Waals surface area contributed by atoms with Gasteiger partial charge in [0.15, 0.2) is 15.7 Å². The van der Waals surface area contributed by atoms with E-state index in [1.165, 1.54) is 10.9 Å². The standard InChI is InChI=1S/C9H19N5O2S/c1-7(10-4)8-11-12-13-14(8)6-9(2,3)17(5,15)16/h7,10H,6H2,1-5H3. The van der Waals surface area contributed by atoms with Crippen molar-refractivity contribution in [3.8, 4) is 0 Å². The van der Waals surface area contributed by atoms with Crippen LogP contribution in [0, 0.1) is 0 Å². The summed E-state index contributed by atoms with van der Waals surface area (Å²) in [5.41, 5.74) is 0. The highest BCUT2D eigenvalue weighted by Gasteiger charge is 2.32. The number of nitrogens with zero attached hydrogens (tertiary/aromatic N) is 4. The predicted molar refractivity (Wildman–Crippen MR) is 64.2 cm³/mol. The summed E-state index contributed by atoms with van der Waals surface area (Å²) in [5.74, 6) is 0.629. The SMILES string of the molecule is CNC(C)c1nnnn1CC(C)(C)S(C)(=O)=O. The fourth-order valence-electron chi connectivity index (χ4n) is 1.24. The first-order chi connectivity index (χ1) is 7.69. The van der Waals surface area contributed by atoms with E-state index in [0.717, 1.165) is 0 Å². The van der Waals surface area contributed by atoms with E-state index >= 15 is 0 Å². The second-order valence-corrected chi connectivity index (χ2v) is 7.39. The summed E-state index contributed by atoms with van der Waals surface area (Å²) in [6, 6.07) is -0.0274. The van der Waals surface area contributed by atoms with Gasteiger partial charge in [0.2, 0.25) is 0 Å². The Morgan fingerprint density at radius 2 is 2.06 bits per heavy atom. The maximum absolute atomic E-state index is 11.6. The lowest BCUT2D eigenvalue weighted by Gasteiger charge is -2.23. The highest BCUT2D eigenvalue weighted by atomic mass is 32.2. The number of hydrogen-bond donors (Lipinski definition) is 1. The van der Waals surface area contributed by atoms with Crippen LogP contribution in [0.1, 0.15) is 32.6 Å². The van der Waals surface area contributed by atoms with Crippen molar-refractivity contribution >= 4 is 9.84 Å². The van der Waals surface area contributed by atoms with Crippen LogP contribution < -0.4 is 5.32 Å². The molecule has 1 aromatic heterocycles. The Labute approximate surface area is 102 Å². The molecule has 1 rings (SSSR count). The topological polar surface area (TPSA) is 89.8 Å². The van der Waals surface area contributed by atoms with E-state index in [1.807, 2.05) is 6.92 Å². The number of aromatic nitrogens is 4. The molecule has 1 N–H and O–H groups in total. The first kappa shape index (κ1) is 14.0. The molecule has 0 amide bonds. The molecule has 1 aromatic rings. The van der Waals surface area contributed by atoms with Gasteiger partial charge in [-0.25, -0.2) is 13.1 Å². The van der Waals surface area contributed by atoms with Crippen molar-refractivity contribution < 1.29 is 8.42 Å². The van der Waals surface area contributed by atoms with Crippen LogP contribution in [-0.4, -0.2) is 46.7 Å². The zero-order valence-electron chi connectivity index (χ0n) is 10.8. The molecule has 0 aromatic carbocycles. The van der Waals surface area contributed by atoms with Gasteiger partial charge in [0.05, 0.1) is 17.3 Å². The summed E-state index contributed by atoms with van der Waals surface area (Å²) < 4.78 is 23.9. The lowest BCUT2D eigenvalue weighted by molar-refractivity contribution is 0.441. The zero-order valence-corrected chi connectivity index (χ0v) is 11.6. The smallest absolute Gasteiger partial charge is 0.167 e. The van der Waals surface area contributed by atoms with E-state index in [4.69, 9.17) is 0 Å². The molecule has 7 nitrogen and oxygen atoms in total. The molecule has 0 aliphatic carbocycles. The van der Waals surface area contributed by atoms with Crippen LogP contribution in [0.15, 0.2) is 0 Å². The van der Waals surface area contributed by atoms with E-state index < -0.39 is 14.6 Å². The molecule has 17 heavy (non-hydrogen) atoms. The number of nitrogens with one attached hydrogen (secondary N) is 1. The molecule has 1 heterocycles. The van der Waals surface area contributed by atoms with Gasteiger partial charge in [0.25, 0.3) is 0 Å². The van der Waals surface area contributed by atoms with Crippen molar-refractivity contribution in [3.05, 3.63) is 5.82 Å². The van der Waals surface area contributed by atoms with Crippen molar-refractivity contribution in [3.63, 3.8) is 0 Å². The minimum Gasteiger partial charge on any atom is -0.311 e. The van der Waals surface area contributed by atoms with E-state index in [9.17, 15) is 8.42 Å². The molecule has 0 fully saturated rings. The molecule has 0 aliphatic heterocycles. The average molecular weight is 261 g/mol. The lowest BCUT2D eigenvalue weighted by atomic mass is 10.2. The first-order valence-corrected chi connectivity index (χ1v) is 7.21. The Hall–Kier alpha value is -1.02. The summed E-state index contributed by atoms with van der Waals surface area (Å²) in [6.45, 7) is 5.48. The summed E-state index contributed by atoms with van der Waals surface area (Å²) in [6.07, 6.45) is 1.22. The van der Waals surface area contributed by atoms with Crippen molar-refractivity contribution in [1.82, 2.24) is 25.5 Å². The predicted octanol–water partition coefficient (Wildman–Crippen LogP) is -0.223. The number of tetrazole rings is 1. The van der Waals surface area contributed by atoms with E-state index in [-0.39, 0.29) is 12.6 Å². The van der Waals surface area contributed by atoms with Gasteiger partial charge < -0.3 is 5.32 Å². The van der Waals surface area contributed by atoms with Crippen LogP contribution in [0.2, 0.25) is 0 Å². The van der Waals surface area contributed by atoms with Crippen LogP contribution in [-0.2, 0) is 16.4 Å². The number of rotatable bonds is 5. The molecule has 98 valence electrons. The van der Waals surface area contributed by atoms with E-state index in [1.54, 1.807) is 20.9 Å². The summed E-state index contributed by atoms with van der Waals surface area (Å²) in [5, 5.41) is 14.3. The molecule has 0 bridgehead atoms. The van der Waals surface area contributed by atoms with Crippen LogP contribution in [0.3, 0.4) is 0 Å². The molecule has 0 radical (unpaired) electrons.